The number of aromatic nitrogens is 2. The van der Waals surface area contributed by atoms with Crippen molar-refractivity contribution in [1.82, 2.24) is 9.55 Å². The molecule has 0 unspecified atom stereocenters. The van der Waals surface area contributed by atoms with E-state index in [4.69, 9.17) is 9.84 Å². The van der Waals surface area contributed by atoms with Gasteiger partial charge in [-0.2, -0.15) is 0 Å². The second-order valence-electron chi connectivity index (χ2n) is 5.53. The Morgan fingerprint density at radius 2 is 2.04 bits per heavy atom. The van der Waals surface area contributed by atoms with E-state index in [9.17, 15) is 9.59 Å². The van der Waals surface area contributed by atoms with Crippen LogP contribution in [0.5, 0.6) is 0 Å². The predicted molar refractivity (Wildman–Crippen MR) is 86.1 cm³/mol. The van der Waals surface area contributed by atoms with E-state index >= 15 is 0 Å². The summed E-state index contributed by atoms with van der Waals surface area (Å²) in [6, 6.07) is 9.30. The highest BCUT2D eigenvalue weighted by atomic mass is 16.5. The lowest BCUT2D eigenvalue weighted by Crippen LogP contribution is -2.34. The van der Waals surface area contributed by atoms with Crippen LogP contribution in [0.1, 0.15) is 30.2 Å². The summed E-state index contributed by atoms with van der Waals surface area (Å²) >= 11 is 0. The maximum atomic E-state index is 12.1. The molecule has 2 aromatic rings. The molecular formula is C17H18N2O4. The van der Waals surface area contributed by atoms with Crippen molar-refractivity contribution in [1.29, 1.82) is 0 Å². The summed E-state index contributed by atoms with van der Waals surface area (Å²) in [5, 5.41) is 9.15. The van der Waals surface area contributed by atoms with Crippen molar-refractivity contribution in [3.63, 3.8) is 0 Å². The van der Waals surface area contributed by atoms with E-state index in [-0.39, 0.29) is 12.7 Å². The van der Waals surface area contributed by atoms with Crippen LogP contribution in [-0.4, -0.2) is 27.4 Å². The zero-order valence-electron chi connectivity index (χ0n) is 12.6. The topological polar surface area (TPSA) is 84.3 Å². The van der Waals surface area contributed by atoms with E-state index in [2.05, 4.69) is 11.6 Å². The average Bonchev–Trinajstić information content (AvgIpc) is 3.04. The van der Waals surface area contributed by atoms with E-state index in [1.54, 1.807) is 0 Å². The number of aliphatic hydroxyl groups excluding tert-OH is 1. The quantitative estimate of drug-likeness (QED) is 0.890. The SMILES string of the molecule is C=C(c1ccccc1)c1cn([C@H]2CC[C@@H](CO)O2)c(=O)[nH]c1=O. The highest BCUT2D eigenvalue weighted by molar-refractivity contribution is 5.77. The molecule has 0 radical (unpaired) electrons. The van der Waals surface area contributed by atoms with Crippen molar-refractivity contribution in [2.24, 2.45) is 0 Å². The number of rotatable bonds is 4. The van der Waals surface area contributed by atoms with Gasteiger partial charge in [-0.05, 0) is 24.0 Å². The standard InChI is InChI=1S/C17H18N2O4/c1-11(12-5-3-2-4-6-12)14-9-19(17(22)18-16(14)21)15-8-7-13(10-20)23-15/h2-6,9,13,15,20H,1,7-8,10H2,(H,18,21,22)/t13-,15+/m0/s1. The maximum absolute atomic E-state index is 12.1. The number of nitrogens with zero attached hydrogens (tertiary/aromatic N) is 1. The Labute approximate surface area is 132 Å². The predicted octanol–water partition coefficient (Wildman–Crippen LogP) is 1.27. The Balaban J connectivity index is 1.99. The lowest BCUT2D eigenvalue weighted by atomic mass is 10.0. The molecule has 1 fully saturated rings. The van der Waals surface area contributed by atoms with Crippen LogP contribution in [0.25, 0.3) is 5.57 Å². The number of nitrogens with one attached hydrogen (secondary N) is 1. The lowest BCUT2D eigenvalue weighted by molar-refractivity contribution is -0.0246. The summed E-state index contributed by atoms with van der Waals surface area (Å²) in [7, 11) is 0. The Morgan fingerprint density at radius 3 is 2.70 bits per heavy atom. The minimum atomic E-state index is -0.525. The third-order valence-corrected chi connectivity index (χ3v) is 4.01. The summed E-state index contributed by atoms with van der Waals surface area (Å²) in [6.45, 7) is 3.88. The number of hydrogen-bond donors (Lipinski definition) is 2. The normalized spacial score (nSPS) is 20.6. The second kappa shape index (κ2) is 6.36. The zero-order chi connectivity index (χ0) is 16.4. The number of H-pyrrole nitrogens is 1. The molecule has 0 bridgehead atoms. The van der Waals surface area contributed by atoms with Crippen molar-refractivity contribution in [2.75, 3.05) is 6.61 Å². The molecule has 2 N–H and O–H groups in total. The first kappa shape index (κ1) is 15.5. The van der Waals surface area contributed by atoms with Gasteiger partial charge in [0.15, 0.2) is 0 Å². The Kier molecular flexibility index (Phi) is 4.27. The lowest BCUT2D eigenvalue weighted by Gasteiger charge is -2.16. The van der Waals surface area contributed by atoms with Gasteiger partial charge in [0, 0.05) is 6.20 Å². The van der Waals surface area contributed by atoms with Gasteiger partial charge >= 0.3 is 5.69 Å². The molecule has 2 atom stereocenters. The van der Waals surface area contributed by atoms with E-state index in [1.807, 2.05) is 30.3 Å². The molecule has 2 heterocycles. The van der Waals surface area contributed by atoms with Crippen molar-refractivity contribution in [3.05, 3.63) is 75.1 Å². The molecule has 1 aliphatic rings. The van der Waals surface area contributed by atoms with Crippen molar-refractivity contribution < 1.29 is 9.84 Å². The van der Waals surface area contributed by atoms with Crippen LogP contribution < -0.4 is 11.2 Å². The van der Waals surface area contributed by atoms with Gasteiger partial charge in [-0.15, -0.1) is 0 Å². The average molecular weight is 314 g/mol. The fourth-order valence-electron chi connectivity index (χ4n) is 2.73. The van der Waals surface area contributed by atoms with Crippen LogP contribution in [0.15, 0.2) is 52.7 Å². The van der Waals surface area contributed by atoms with Crippen LogP contribution in [0.2, 0.25) is 0 Å². The Hall–Kier alpha value is -2.44. The number of ether oxygens (including phenoxy) is 1. The van der Waals surface area contributed by atoms with Gasteiger partial charge in [0.25, 0.3) is 5.56 Å². The van der Waals surface area contributed by atoms with E-state index in [0.717, 1.165) is 5.56 Å². The molecule has 0 amide bonds. The van der Waals surface area contributed by atoms with Crippen LogP contribution in [0.3, 0.4) is 0 Å². The fraction of sp³-hybridized carbons (Fsp3) is 0.294. The highest BCUT2D eigenvalue weighted by Crippen LogP contribution is 2.27. The molecule has 0 saturated carbocycles. The van der Waals surface area contributed by atoms with Gasteiger partial charge in [-0.25, -0.2) is 4.79 Å². The number of hydrogen-bond acceptors (Lipinski definition) is 4. The first-order chi connectivity index (χ1) is 11.1. The largest absolute Gasteiger partial charge is 0.394 e. The number of aromatic amines is 1. The summed E-state index contributed by atoms with van der Waals surface area (Å²) in [5.74, 6) is 0. The minimum absolute atomic E-state index is 0.0851. The van der Waals surface area contributed by atoms with Crippen molar-refractivity contribution >= 4 is 5.57 Å². The molecule has 120 valence electrons. The number of benzene rings is 1. The number of aliphatic hydroxyl groups is 1. The monoisotopic (exact) mass is 314 g/mol. The van der Waals surface area contributed by atoms with Gasteiger partial charge in [0.05, 0.1) is 18.3 Å². The van der Waals surface area contributed by atoms with Crippen LogP contribution in [0.4, 0.5) is 0 Å². The molecule has 1 aromatic carbocycles. The van der Waals surface area contributed by atoms with Crippen LogP contribution in [-0.2, 0) is 4.74 Å². The molecule has 0 spiro atoms. The molecular weight excluding hydrogens is 296 g/mol. The van der Waals surface area contributed by atoms with Gasteiger partial charge in [0.1, 0.15) is 6.23 Å². The smallest absolute Gasteiger partial charge is 0.330 e. The van der Waals surface area contributed by atoms with E-state index in [1.165, 1.54) is 10.8 Å². The highest BCUT2D eigenvalue weighted by Gasteiger charge is 2.27. The summed E-state index contributed by atoms with van der Waals surface area (Å²) < 4.78 is 6.98. The summed E-state index contributed by atoms with van der Waals surface area (Å²) in [5.41, 5.74) is 0.674. The molecule has 6 heteroatoms. The minimum Gasteiger partial charge on any atom is -0.394 e. The summed E-state index contributed by atoms with van der Waals surface area (Å²) in [4.78, 5) is 26.5. The van der Waals surface area contributed by atoms with E-state index < -0.39 is 17.5 Å². The van der Waals surface area contributed by atoms with Crippen LogP contribution >= 0.6 is 0 Å². The first-order valence-electron chi connectivity index (χ1n) is 7.46. The molecule has 0 aliphatic carbocycles. The Bertz CT molecular complexity index is 822. The van der Waals surface area contributed by atoms with Gasteiger partial charge in [0.2, 0.25) is 0 Å². The first-order valence-corrected chi connectivity index (χ1v) is 7.46. The maximum Gasteiger partial charge on any atom is 0.330 e. The Morgan fingerprint density at radius 1 is 1.30 bits per heavy atom. The third kappa shape index (κ3) is 3.04. The molecule has 6 nitrogen and oxygen atoms in total. The molecule has 1 aromatic heterocycles. The molecule has 1 aliphatic heterocycles. The zero-order valence-corrected chi connectivity index (χ0v) is 12.6. The summed E-state index contributed by atoms with van der Waals surface area (Å²) in [6.07, 6.45) is 2.00. The van der Waals surface area contributed by atoms with Gasteiger partial charge < -0.3 is 9.84 Å². The molecule has 3 rings (SSSR count). The van der Waals surface area contributed by atoms with Gasteiger partial charge in [-0.1, -0.05) is 36.9 Å². The van der Waals surface area contributed by atoms with Crippen molar-refractivity contribution in [3.8, 4) is 0 Å². The fourth-order valence-corrected chi connectivity index (χ4v) is 2.73. The van der Waals surface area contributed by atoms with Gasteiger partial charge in [-0.3, -0.25) is 14.3 Å². The van der Waals surface area contributed by atoms with E-state index in [0.29, 0.717) is 24.0 Å². The van der Waals surface area contributed by atoms with Crippen LogP contribution in [0, 0.1) is 0 Å². The van der Waals surface area contributed by atoms with Crippen molar-refractivity contribution in [2.45, 2.75) is 25.2 Å². The third-order valence-electron chi connectivity index (χ3n) is 4.01. The molecule has 1 saturated heterocycles. The molecule has 23 heavy (non-hydrogen) atoms. The second-order valence-corrected chi connectivity index (χ2v) is 5.53.